The molecule has 0 radical (unpaired) electrons. The van der Waals surface area contributed by atoms with E-state index in [9.17, 15) is 9.59 Å². The summed E-state index contributed by atoms with van der Waals surface area (Å²) in [5, 5.41) is 5.89. The minimum absolute atomic E-state index is 0.109. The minimum atomic E-state index is -0.169. The molecule has 1 aliphatic heterocycles. The van der Waals surface area contributed by atoms with Gasteiger partial charge in [-0.2, -0.15) is 0 Å². The molecule has 0 atom stereocenters. The van der Waals surface area contributed by atoms with E-state index in [0.717, 1.165) is 31.7 Å². The lowest BCUT2D eigenvalue weighted by Gasteiger charge is -2.35. The van der Waals surface area contributed by atoms with Crippen LogP contribution in [0.25, 0.3) is 0 Å². The van der Waals surface area contributed by atoms with Gasteiger partial charge in [-0.1, -0.05) is 24.3 Å². The third-order valence-electron chi connectivity index (χ3n) is 5.84. The summed E-state index contributed by atoms with van der Waals surface area (Å²) in [6, 6.07) is 15.2. The van der Waals surface area contributed by atoms with E-state index >= 15 is 0 Å². The molecule has 0 spiro atoms. The van der Waals surface area contributed by atoms with Gasteiger partial charge in [0.25, 0.3) is 5.91 Å². The van der Waals surface area contributed by atoms with Gasteiger partial charge in [0.2, 0.25) is 5.91 Å². The summed E-state index contributed by atoms with van der Waals surface area (Å²) < 4.78 is 1.85. The first kappa shape index (κ1) is 22.5. The molecule has 3 aromatic rings. The highest BCUT2D eigenvalue weighted by molar-refractivity contribution is 5.97. The number of piperazine rings is 1. The Labute approximate surface area is 194 Å². The van der Waals surface area contributed by atoms with E-state index in [-0.39, 0.29) is 11.8 Å². The van der Waals surface area contributed by atoms with Gasteiger partial charge in [0.05, 0.1) is 6.33 Å². The number of amides is 2. The number of hydrogen-bond donors (Lipinski definition) is 2. The number of para-hydroxylation sites is 1. The van der Waals surface area contributed by atoms with Crippen molar-refractivity contribution >= 4 is 23.2 Å². The molecule has 33 heavy (non-hydrogen) atoms. The van der Waals surface area contributed by atoms with Crippen molar-refractivity contribution in [3.8, 4) is 0 Å². The van der Waals surface area contributed by atoms with E-state index in [1.54, 1.807) is 36.8 Å². The maximum Gasteiger partial charge on any atom is 0.251 e. The van der Waals surface area contributed by atoms with Crippen LogP contribution in [0.5, 0.6) is 0 Å². The standard InChI is InChI=1S/C25H30N6O2/c1-29-13-15-31(16-14-29)23-8-3-2-5-21(23)18-27-25(33)20-6-4-7-22(17-20)28-24(32)9-11-30-12-10-26-19-30/h2-8,10,12,17,19H,9,11,13-16,18H2,1H3,(H,27,33)(H,28,32). The number of carbonyl (C=O) groups is 2. The van der Waals surface area contributed by atoms with E-state index in [0.29, 0.717) is 30.8 Å². The average molecular weight is 447 g/mol. The monoisotopic (exact) mass is 446 g/mol. The number of rotatable bonds is 8. The molecule has 1 aliphatic rings. The highest BCUT2D eigenvalue weighted by Crippen LogP contribution is 2.22. The van der Waals surface area contributed by atoms with Crippen molar-refractivity contribution < 1.29 is 9.59 Å². The normalized spacial score (nSPS) is 14.2. The van der Waals surface area contributed by atoms with Crippen molar-refractivity contribution in [1.29, 1.82) is 0 Å². The summed E-state index contributed by atoms with van der Waals surface area (Å²) in [5.74, 6) is -0.278. The number of benzene rings is 2. The number of carbonyl (C=O) groups excluding carboxylic acids is 2. The number of anilines is 2. The van der Waals surface area contributed by atoms with Gasteiger partial charge in [-0.25, -0.2) is 4.98 Å². The van der Waals surface area contributed by atoms with Crippen LogP contribution in [-0.4, -0.2) is 59.5 Å². The molecule has 2 N–H and O–H groups in total. The summed E-state index contributed by atoms with van der Waals surface area (Å²) in [4.78, 5) is 33.7. The predicted octanol–water partition coefficient (Wildman–Crippen LogP) is 2.59. The first-order chi connectivity index (χ1) is 16.1. The lowest BCUT2D eigenvalue weighted by molar-refractivity contribution is -0.116. The topological polar surface area (TPSA) is 82.5 Å². The minimum Gasteiger partial charge on any atom is -0.369 e. The van der Waals surface area contributed by atoms with E-state index in [1.807, 2.05) is 22.9 Å². The number of imidazole rings is 1. The first-order valence-corrected chi connectivity index (χ1v) is 11.2. The Morgan fingerprint density at radius 3 is 2.64 bits per heavy atom. The lowest BCUT2D eigenvalue weighted by atomic mass is 10.1. The quantitative estimate of drug-likeness (QED) is 0.556. The molecular weight excluding hydrogens is 416 g/mol. The molecule has 2 heterocycles. The van der Waals surface area contributed by atoms with Gasteiger partial charge in [-0.15, -0.1) is 0 Å². The van der Waals surface area contributed by atoms with Crippen molar-refractivity contribution in [1.82, 2.24) is 19.8 Å². The molecule has 2 aromatic carbocycles. The van der Waals surface area contributed by atoms with Crippen LogP contribution in [0.1, 0.15) is 22.3 Å². The van der Waals surface area contributed by atoms with Crippen molar-refractivity contribution in [3.05, 3.63) is 78.4 Å². The van der Waals surface area contributed by atoms with Gasteiger partial charge in [0, 0.05) is 75.0 Å². The Balaban J connectivity index is 1.33. The largest absolute Gasteiger partial charge is 0.369 e. The Hall–Kier alpha value is -3.65. The van der Waals surface area contributed by atoms with Crippen LogP contribution in [0.15, 0.2) is 67.3 Å². The summed E-state index contributed by atoms with van der Waals surface area (Å²) in [5.41, 5.74) is 3.39. The van der Waals surface area contributed by atoms with Crippen molar-refractivity contribution in [2.75, 3.05) is 43.4 Å². The smallest absolute Gasteiger partial charge is 0.251 e. The Morgan fingerprint density at radius 2 is 1.85 bits per heavy atom. The van der Waals surface area contributed by atoms with Crippen molar-refractivity contribution in [2.24, 2.45) is 0 Å². The van der Waals surface area contributed by atoms with E-state index in [2.05, 4.69) is 44.6 Å². The molecule has 0 saturated carbocycles. The van der Waals surface area contributed by atoms with Crippen LogP contribution < -0.4 is 15.5 Å². The number of aryl methyl sites for hydroxylation is 1. The Bertz CT molecular complexity index is 1070. The zero-order valence-corrected chi connectivity index (χ0v) is 18.9. The zero-order chi connectivity index (χ0) is 23.0. The Morgan fingerprint density at radius 1 is 1.03 bits per heavy atom. The third-order valence-corrected chi connectivity index (χ3v) is 5.84. The molecule has 1 fully saturated rings. The number of nitrogens with one attached hydrogen (secondary N) is 2. The lowest BCUT2D eigenvalue weighted by Crippen LogP contribution is -2.45. The van der Waals surface area contributed by atoms with Gasteiger partial charge in [0.1, 0.15) is 0 Å². The predicted molar refractivity (Wildman–Crippen MR) is 129 cm³/mol. The molecule has 172 valence electrons. The van der Waals surface area contributed by atoms with Crippen LogP contribution in [0.2, 0.25) is 0 Å². The molecular formula is C25H30N6O2. The second kappa shape index (κ2) is 10.8. The van der Waals surface area contributed by atoms with Gasteiger partial charge >= 0.3 is 0 Å². The van der Waals surface area contributed by atoms with Crippen molar-refractivity contribution in [3.63, 3.8) is 0 Å². The molecule has 0 aliphatic carbocycles. The average Bonchev–Trinajstić information content (AvgIpc) is 3.36. The first-order valence-electron chi connectivity index (χ1n) is 11.2. The third kappa shape index (κ3) is 6.20. The maximum atomic E-state index is 12.8. The van der Waals surface area contributed by atoms with E-state index in [1.165, 1.54) is 5.69 Å². The van der Waals surface area contributed by atoms with Crippen LogP contribution in [0.4, 0.5) is 11.4 Å². The van der Waals surface area contributed by atoms with Gasteiger partial charge in [-0.05, 0) is 36.9 Å². The fraction of sp³-hybridized carbons (Fsp3) is 0.320. The summed E-state index contributed by atoms with van der Waals surface area (Å²) in [7, 11) is 2.14. The van der Waals surface area contributed by atoms with Gasteiger partial charge in [0.15, 0.2) is 0 Å². The van der Waals surface area contributed by atoms with Gasteiger partial charge in [-0.3, -0.25) is 9.59 Å². The van der Waals surface area contributed by atoms with E-state index < -0.39 is 0 Å². The van der Waals surface area contributed by atoms with Crippen LogP contribution in [0.3, 0.4) is 0 Å². The fourth-order valence-electron chi connectivity index (χ4n) is 3.91. The van der Waals surface area contributed by atoms with E-state index in [4.69, 9.17) is 0 Å². The summed E-state index contributed by atoms with van der Waals surface area (Å²) in [6.45, 7) is 5.01. The number of aromatic nitrogens is 2. The molecule has 8 heteroatoms. The number of nitrogens with zero attached hydrogens (tertiary/aromatic N) is 4. The molecule has 8 nitrogen and oxygen atoms in total. The Kier molecular flexibility index (Phi) is 7.36. The molecule has 1 aromatic heterocycles. The number of hydrogen-bond acceptors (Lipinski definition) is 5. The van der Waals surface area contributed by atoms with Crippen LogP contribution in [0, 0.1) is 0 Å². The maximum absolute atomic E-state index is 12.8. The summed E-state index contributed by atoms with van der Waals surface area (Å²) in [6.07, 6.45) is 5.51. The second-order valence-electron chi connectivity index (χ2n) is 8.28. The SMILES string of the molecule is CN1CCN(c2ccccc2CNC(=O)c2cccc(NC(=O)CCn3ccnc3)c2)CC1. The van der Waals surface area contributed by atoms with Crippen LogP contribution in [-0.2, 0) is 17.9 Å². The molecule has 4 rings (SSSR count). The van der Waals surface area contributed by atoms with Crippen LogP contribution >= 0.6 is 0 Å². The second-order valence-corrected chi connectivity index (χ2v) is 8.28. The molecule has 0 unspecified atom stereocenters. The van der Waals surface area contributed by atoms with Crippen molar-refractivity contribution in [2.45, 2.75) is 19.5 Å². The number of likely N-dealkylation sites (N-methyl/N-ethyl adjacent to an activating group) is 1. The highest BCUT2D eigenvalue weighted by atomic mass is 16.2. The summed E-state index contributed by atoms with van der Waals surface area (Å²) >= 11 is 0. The molecule has 0 bridgehead atoms. The molecule has 2 amide bonds. The van der Waals surface area contributed by atoms with Gasteiger partial charge < -0.3 is 25.0 Å². The molecule has 1 saturated heterocycles. The highest BCUT2D eigenvalue weighted by Gasteiger charge is 2.17. The zero-order valence-electron chi connectivity index (χ0n) is 18.9. The fourth-order valence-corrected chi connectivity index (χ4v) is 3.91.